The average molecular weight is 520 g/mol. The van der Waals surface area contributed by atoms with Crippen LogP contribution in [-0.4, -0.2) is 35.1 Å². The number of amides is 2. The summed E-state index contributed by atoms with van der Waals surface area (Å²) >= 11 is 7.78. The van der Waals surface area contributed by atoms with E-state index in [4.69, 9.17) is 11.6 Å². The number of nitrogens with one attached hydrogen (secondary N) is 1. The lowest BCUT2D eigenvalue weighted by Gasteiger charge is -2.12. The van der Waals surface area contributed by atoms with Crippen LogP contribution in [-0.2, 0) is 4.79 Å². The molecule has 7 nitrogen and oxygen atoms in total. The first kappa shape index (κ1) is 24.0. The Morgan fingerprint density at radius 2 is 2.00 bits per heavy atom. The van der Waals surface area contributed by atoms with Gasteiger partial charge in [0.25, 0.3) is 11.8 Å². The fraction of sp³-hybridized carbons (Fsp3) is 0.185. The van der Waals surface area contributed by atoms with E-state index >= 15 is 0 Å². The van der Waals surface area contributed by atoms with Crippen molar-refractivity contribution in [1.29, 1.82) is 0 Å². The van der Waals surface area contributed by atoms with Crippen molar-refractivity contribution in [2.45, 2.75) is 19.8 Å². The van der Waals surface area contributed by atoms with Gasteiger partial charge in [-0.05, 0) is 79.8 Å². The monoisotopic (exact) mass is 519 g/mol. The molecule has 182 valence electrons. The number of halogens is 1. The molecule has 5 rings (SSSR count). The first-order valence-electron chi connectivity index (χ1n) is 11.4. The van der Waals surface area contributed by atoms with Gasteiger partial charge in [-0.2, -0.15) is 10.1 Å². The number of thiophene rings is 1. The SMILES string of the molecule is CC1=NN(c2cccc(C(=O)O)c2)C(=O)/C1=C\c1ccc(-c2ccc(Cl)c(C(=O)NCC3CC3)c2)s1. The Morgan fingerprint density at radius 1 is 1.19 bits per heavy atom. The quantitative estimate of drug-likeness (QED) is 0.390. The fourth-order valence-electron chi connectivity index (χ4n) is 3.86. The Labute approximate surface area is 216 Å². The van der Waals surface area contributed by atoms with Gasteiger partial charge in [-0.3, -0.25) is 9.59 Å². The van der Waals surface area contributed by atoms with Crippen LogP contribution in [0.15, 0.2) is 65.3 Å². The fourth-order valence-corrected chi connectivity index (χ4v) is 5.02. The number of hydrazone groups is 1. The summed E-state index contributed by atoms with van der Waals surface area (Å²) in [5.41, 5.74) is 2.74. The van der Waals surface area contributed by atoms with E-state index < -0.39 is 5.97 Å². The Hall–Kier alpha value is -3.75. The molecule has 1 saturated carbocycles. The van der Waals surface area contributed by atoms with Crippen LogP contribution >= 0.6 is 22.9 Å². The highest BCUT2D eigenvalue weighted by Gasteiger charge is 2.29. The van der Waals surface area contributed by atoms with Crippen molar-refractivity contribution in [3.05, 3.63) is 81.2 Å². The van der Waals surface area contributed by atoms with Crippen LogP contribution in [0, 0.1) is 5.92 Å². The number of hydrogen-bond acceptors (Lipinski definition) is 5. The Kier molecular flexibility index (Phi) is 6.47. The normalized spacial score (nSPS) is 16.4. The second-order valence-corrected chi connectivity index (χ2v) is 10.3. The minimum absolute atomic E-state index is 0.0806. The van der Waals surface area contributed by atoms with Crippen molar-refractivity contribution in [2.75, 3.05) is 11.6 Å². The molecule has 1 fully saturated rings. The Bertz CT molecular complexity index is 1450. The van der Waals surface area contributed by atoms with Crippen LogP contribution in [0.4, 0.5) is 5.69 Å². The highest BCUT2D eigenvalue weighted by molar-refractivity contribution is 7.16. The minimum atomic E-state index is -1.07. The molecule has 2 aromatic carbocycles. The number of anilines is 1. The molecule has 36 heavy (non-hydrogen) atoms. The summed E-state index contributed by atoms with van der Waals surface area (Å²) < 4.78 is 0. The molecule has 0 atom stereocenters. The van der Waals surface area contributed by atoms with Crippen LogP contribution in [0.1, 0.15) is 45.4 Å². The van der Waals surface area contributed by atoms with Gasteiger partial charge in [0.15, 0.2) is 0 Å². The predicted molar refractivity (Wildman–Crippen MR) is 142 cm³/mol. The maximum absolute atomic E-state index is 13.1. The van der Waals surface area contributed by atoms with Gasteiger partial charge in [-0.1, -0.05) is 23.7 Å². The second kappa shape index (κ2) is 9.72. The number of aromatic carboxylic acids is 1. The molecule has 0 spiro atoms. The number of carboxylic acid groups (broad SMARTS) is 1. The minimum Gasteiger partial charge on any atom is -0.478 e. The third kappa shape index (κ3) is 4.96. The van der Waals surface area contributed by atoms with Gasteiger partial charge in [0.2, 0.25) is 0 Å². The summed E-state index contributed by atoms with van der Waals surface area (Å²) in [6, 6.07) is 15.3. The molecule has 1 aromatic heterocycles. The number of hydrogen-bond donors (Lipinski definition) is 2. The van der Waals surface area contributed by atoms with E-state index in [-0.39, 0.29) is 17.4 Å². The van der Waals surface area contributed by atoms with E-state index in [1.807, 2.05) is 18.2 Å². The van der Waals surface area contributed by atoms with E-state index in [9.17, 15) is 19.5 Å². The van der Waals surface area contributed by atoms with E-state index in [0.717, 1.165) is 28.2 Å². The molecule has 2 N–H and O–H groups in total. The molecule has 0 radical (unpaired) electrons. The smallest absolute Gasteiger partial charge is 0.335 e. The molecule has 3 aromatic rings. The number of carboxylic acids is 1. The van der Waals surface area contributed by atoms with E-state index in [2.05, 4.69) is 10.4 Å². The number of nitrogens with zero attached hydrogens (tertiary/aromatic N) is 2. The van der Waals surface area contributed by atoms with E-state index in [1.54, 1.807) is 37.3 Å². The highest BCUT2D eigenvalue weighted by Crippen LogP contribution is 2.34. The van der Waals surface area contributed by atoms with Gasteiger partial charge in [0.1, 0.15) is 0 Å². The number of rotatable bonds is 7. The van der Waals surface area contributed by atoms with E-state index in [1.165, 1.54) is 28.5 Å². The van der Waals surface area contributed by atoms with Gasteiger partial charge in [-0.25, -0.2) is 4.79 Å². The topological polar surface area (TPSA) is 99.1 Å². The number of carbonyl (C=O) groups excluding carboxylic acids is 2. The molecule has 1 aliphatic carbocycles. The summed E-state index contributed by atoms with van der Waals surface area (Å²) in [5, 5.41) is 18.2. The van der Waals surface area contributed by atoms with Crippen molar-refractivity contribution >= 4 is 58.2 Å². The van der Waals surface area contributed by atoms with Crippen molar-refractivity contribution in [2.24, 2.45) is 11.0 Å². The molecule has 0 saturated heterocycles. The Balaban J connectivity index is 1.37. The highest BCUT2D eigenvalue weighted by atomic mass is 35.5. The van der Waals surface area contributed by atoms with Crippen LogP contribution in [0.25, 0.3) is 16.5 Å². The number of benzene rings is 2. The summed E-state index contributed by atoms with van der Waals surface area (Å²) in [4.78, 5) is 38.8. The summed E-state index contributed by atoms with van der Waals surface area (Å²) in [6.45, 7) is 2.41. The third-order valence-electron chi connectivity index (χ3n) is 6.06. The van der Waals surface area contributed by atoms with Crippen LogP contribution in [0.3, 0.4) is 0 Å². The lowest BCUT2D eigenvalue weighted by atomic mass is 10.1. The van der Waals surface area contributed by atoms with Crippen LogP contribution in [0.5, 0.6) is 0 Å². The zero-order valence-electron chi connectivity index (χ0n) is 19.3. The van der Waals surface area contributed by atoms with Crippen molar-refractivity contribution < 1.29 is 19.5 Å². The maximum atomic E-state index is 13.1. The molecular weight excluding hydrogens is 498 g/mol. The van der Waals surface area contributed by atoms with Crippen molar-refractivity contribution in [3.63, 3.8) is 0 Å². The van der Waals surface area contributed by atoms with Gasteiger partial charge < -0.3 is 10.4 Å². The van der Waals surface area contributed by atoms with Gasteiger partial charge >= 0.3 is 5.97 Å². The molecule has 0 unspecified atom stereocenters. The van der Waals surface area contributed by atoms with Crippen LogP contribution < -0.4 is 10.3 Å². The Morgan fingerprint density at radius 3 is 2.75 bits per heavy atom. The summed E-state index contributed by atoms with van der Waals surface area (Å²) in [6.07, 6.45) is 4.08. The summed E-state index contributed by atoms with van der Waals surface area (Å²) in [5.74, 6) is -1.00. The maximum Gasteiger partial charge on any atom is 0.335 e. The van der Waals surface area contributed by atoms with Crippen molar-refractivity contribution in [1.82, 2.24) is 5.32 Å². The average Bonchev–Trinajstić information content (AvgIpc) is 3.52. The molecule has 2 aliphatic rings. The standard InChI is InChI=1S/C27H22ClN3O4S/c1-15-21(26(33)31(30-15)19-4-2-3-18(11-19)27(34)35)13-20-8-10-24(36-20)17-7-9-23(28)22(12-17)25(32)29-14-16-5-6-16/h2-4,7-13,16H,5-6,14H2,1H3,(H,29,32)(H,34,35)/b21-13-. The lowest BCUT2D eigenvalue weighted by Crippen LogP contribution is -2.25. The largest absolute Gasteiger partial charge is 0.478 e. The predicted octanol–water partition coefficient (Wildman–Crippen LogP) is 5.71. The summed E-state index contributed by atoms with van der Waals surface area (Å²) in [7, 11) is 0. The van der Waals surface area contributed by atoms with Gasteiger partial charge in [0, 0.05) is 16.3 Å². The number of carbonyl (C=O) groups is 3. The third-order valence-corrected chi connectivity index (χ3v) is 7.47. The van der Waals surface area contributed by atoms with Gasteiger partial charge in [-0.15, -0.1) is 11.3 Å². The first-order valence-corrected chi connectivity index (χ1v) is 12.6. The zero-order chi connectivity index (χ0) is 25.4. The molecule has 0 bridgehead atoms. The lowest BCUT2D eigenvalue weighted by molar-refractivity contribution is -0.114. The zero-order valence-corrected chi connectivity index (χ0v) is 20.9. The molecule has 1 aliphatic heterocycles. The van der Waals surface area contributed by atoms with Gasteiger partial charge in [0.05, 0.1) is 33.1 Å². The van der Waals surface area contributed by atoms with E-state index in [0.29, 0.717) is 40.0 Å². The van der Waals surface area contributed by atoms with Crippen LogP contribution in [0.2, 0.25) is 5.02 Å². The van der Waals surface area contributed by atoms with Crippen molar-refractivity contribution in [3.8, 4) is 10.4 Å². The molecule has 2 amide bonds. The molecular formula is C27H22ClN3O4S. The second-order valence-electron chi connectivity index (χ2n) is 8.77. The first-order chi connectivity index (χ1) is 17.3. The molecule has 2 heterocycles. The molecule has 9 heteroatoms.